The van der Waals surface area contributed by atoms with Gasteiger partial charge in [-0.15, -0.1) is 0 Å². The van der Waals surface area contributed by atoms with E-state index in [-0.39, 0.29) is 5.41 Å². The number of methoxy groups -OCH3 is 1. The molecule has 2 rings (SSSR count). The van der Waals surface area contributed by atoms with Crippen molar-refractivity contribution in [1.82, 2.24) is 10.6 Å². The second-order valence-corrected chi connectivity index (χ2v) is 5.89. The van der Waals surface area contributed by atoms with Crippen LogP contribution >= 0.6 is 0 Å². The maximum Gasteiger partial charge on any atom is 0.191 e. The summed E-state index contributed by atoms with van der Waals surface area (Å²) in [7, 11) is 3.53. The van der Waals surface area contributed by atoms with Gasteiger partial charge in [0.2, 0.25) is 0 Å². The predicted molar refractivity (Wildman–Crippen MR) is 83.5 cm³/mol. The van der Waals surface area contributed by atoms with Crippen LogP contribution in [0.2, 0.25) is 0 Å². The molecular weight excluding hydrogens is 250 g/mol. The third-order valence-corrected chi connectivity index (χ3v) is 3.92. The molecule has 0 bridgehead atoms. The zero-order chi connectivity index (χ0) is 14.8. The van der Waals surface area contributed by atoms with Crippen molar-refractivity contribution >= 4 is 5.96 Å². The van der Waals surface area contributed by atoms with Crippen LogP contribution in [-0.2, 0) is 5.41 Å². The van der Waals surface area contributed by atoms with Crippen molar-refractivity contribution in [3.05, 3.63) is 29.8 Å². The number of nitrogens with one attached hydrogen (secondary N) is 2. The molecule has 2 N–H and O–H groups in total. The van der Waals surface area contributed by atoms with Crippen LogP contribution in [0.4, 0.5) is 0 Å². The quantitative estimate of drug-likeness (QED) is 0.654. The van der Waals surface area contributed by atoms with Crippen LogP contribution in [0.25, 0.3) is 0 Å². The number of hydrogen-bond donors (Lipinski definition) is 2. The standard InChI is InChI=1S/C16H25N3O/c1-11(2)18-15(17-4)19-14-10-16(14,3)12-8-6-7-9-13(12)20-5/h6-9,11,14H,10H2,1-5H3,(H2,17,18,19). The van der Waals surface area contributed by atoms with E-state index in [1.165, 1.54) is 5.56 Å². The van der Waals surface area contributed by atoms with Crippen molar-refractivity contribution in [3.63, 3.8) is 0 Å². The van der Waals surface area contributed by atoms with E-state index in [4.69, 9.17) is 4.74 Å². The monoisotopic (exact) mass is 275 g/mol. The molecule has 0 aromatic heterocycles. The summed E-state index contributed by atoms with van der Waals surface area (Å²) in [5.74, 6) is 1.83. The Morgan fingerprint density at radius 1 is 1.40 bits per heavy atom. The minimum absolute atomic E-state index is 0.112. The highest BCUT2D eigenvalue weighted by Crippen LogP contribution is 2.50. The molecule has 2 atom stereocenters. The third kappa shape index (κ3) is 2.89. The summed E-state index contributed by atoms with van der Waals surface area (Å²) in [6.45, 7) is 6.49. The van der Waals surface area contributed by atoms with Crippen molar-refractivity contribution in [2.45, 2.75) is 44.7 Å². The van der Waals surface area contributed by atoms with Crippen LogP contribution in [0, 0.1) is 0 Å². The van der Waals surface area contributed by atoms with Crippen molar-refractivity contribution in [1.29, 1.82) is 0 Å². The number of hydrogen-bond acceptors (Lipinski definition) is 2. The van der Waals surface area contributed by atoms with E-state index >= 15 is 0 Å². The second-order valence-electron chi connectivity index (χ2n) is 5.89. The summed E-state index contributed by atoms with van der Waals surface area (Å²) >= 11 is 0. The Bertz CT molecular complexity index is 498. The fourth-order valence-corrected chi connectivity index (χ4v) is 2.60. The fraction of sp³-hybridized carbons (Fsp3) is 0.562. The number of guanidine groups is 1. The topological polar surface area (TPSA) is 45.7 Å². The number of para-hydroxylation sites is 1. The van der Waals surface area contributed by atoms with Gasteiger partial charge in [-0.2, -0.15) is 0 Å². The minimum Gasteiger partial charge on any atom is -0.496 e. The summed E-state index contributed by atoms with van der Waals surface area (Å²) in [6, 6.07) is 9.02. The second kappa shape index (κ2) is 5.73. The molecule has 0 heterocycles. The van der Waals surface area contributed by atoms with E-state index in [0.29, 0.717) is 12.1 Å². The van der Waals surface area contributed by atoms with E-state index in [0.717, 1.165) is 18.1 Å². The van der Waals surface area contributed by atoms with Crippen LogP contribution in [0.5, 0.6) is 5.75 Å². The number of ether oxygens (including phenoxy) is 1. The first-order valence-corrected chi connectivity index (χ1v) is 7.14. The molecule has 1 aromatic carbocycles. The van der Waals surface area contributed by atoms with Gasteiger partial charge in [-0.05, 0) is 26.3 Å². The number of rotatable bonds is 4. The third-order valence-electron chi connectivity index (χ3n) is 3.92. The van der Waals surface area contributed by atoms with E-state index in [2.05, 4.69) is 48.5 Å². The summed E-state index contributed by atoms with van der Waals surface area (Å²) in [5, 5.41) is 6.82. The molecule has 1 aliphatic rings. The van der Waals surface area contributed by atoms with E-state index in [9.17, 15) is 0 Å². The Hall–Kier alpha value is -1.71. The summed E-state index contributed by atoms with van der Waals surface area (Å²) < 4.78 is 5.48. The van der Waals surface area contributed by atoms with Crippen LogP contribution in [0.3, 0.4) is 0 Å². The Labute approximate surface area is 121 Å². The Morgan fingerprint density at radius 3 is 2.70 bits per heavy atom. The first-order valence-electron chi connectivity index (χ1n) is 7.14. The molecule has 4 heteroatoms. The van der Waals surface area contributed by atoms with Gasteiger partial charge < -0.3 is 15.4 Å². The highest BCUT2D eigenvalue weighted by Gasteiger charge is 2.53. The normalized spacial score (nSPS) is 25.5. The molecule has 0 saturated heterocycles. The van der Waals surface area contributed by atoms with Crippen LogP contribution in [0.15, 0.2) is 29.3 Å². The smallest absolute Gasteiger partial charge is 0.191 e. The maximum atomic E-state index is 5.48. The first-order chi connectivity index (χ1) is 9.51. The predicted octanol–water partition coefficient (Wildman–Crippen LogP) is 2.30. The van der Waals surface area contributed by atoms with E-state index in [1.807, 2.05) is 12.1 Å². The Morgan fingerprint density at radius 2 is 2.10 bits per heavy atom. The van der Waals surface area contributed by atoms with Crippen molar-refractivity contribution < 1.29 is 4.74 Å². The summed E-state index contributed by atoms with van der Waals surface area (Å²) in [6.07, 6.45) is 1.09. The molecule has 110 valence electrons. The minimum atomic E-state index is 0.112. The van der Waals surface area contributed by atoms with Gasteiger partial charge in [-0.25, -0.2) is 0 Å². The van der Waals surface area contributed by atoms with Crippen LogP contribution in [-0.4, -0.2) is 32.2 Å². The van der Waals surface area contributed by atoms with Crippen molar-refractivity contribution in [2.75, 3.05) is 14.2 Å². The molecule has 0 amide bonds. The largest absolute Gasteiger partial charge is 0.496 e. The lowest BCUT2D eigenvalue weighted by Gasteiger charge is -2.19. The molecule has 20 heavy (non-hydrogen) atoms. The molecule has 1 aliphatic carbocycles. The zero-order valence-corrected chi connectivity index (χ0v) is 13.0. The molecular formula is C16H25N3O. The van der Waals surface area contributed by atoms with Crippen LogP contribution < -0.4 is 15.4 Å². The molecule has 0 radical (unpaired) electrons. The summed E-state index contributed by atoms with van der Waals surface area (Å²) in [5.41, 5.74) is 1.38. The molecule has 2 unspecified atom stereocenters. The average Bonchev–Trinajstić information content (AvgIpc) is 3.09. The lowest BCUT2D eigenvalue weighted by atomic mass is 9.96. The Kier molecular flexibility index (Phi) is 4.21. The van der Waals surface area contributed by atoms with Crippen molar-refractivity contribution in [3.8, 4) is 5.75 Å². The van der Waals surface area contributed by atoms with Gasteiger partial charge in [0.15, 0.2) is 5.96 Å². The van der Waals surface area contributed by atoms with E-state index in [1.54, 1.807) is 14.2 Å². The van der Waals surface area contributed by atoms with E-state index < -0.39 is 0 Å². The lowest BCUT2D eigenvalue weighted by Crippen LogP contribution is -2.43. The first kappa shape index (κ1) is 14.7. The highest BCUT2D eigenvalue weighted by molar-refractivity contribution is 5.81. The Balaban J connectivity index is 2.09. The molecule has 0 aliphatic heterocycles. The SMILES string of the molecule is CN=C(NC(C)C)NC1CC1(C)c1ccccc1OC. The maximum absolute atomic E-state index is 5.48. The molecule has 4 nitrogen and oxygen atoms in total. The van der Waals surface area contributed by atoms with Gasteiger partial charge >= 0.3 is 0 Å². The van der Waals surface area contributed by atoms with Gasteiger partial charge in [0.1, 0.15) is 5.75 Å². The number of nitrogens with zero attached hydrogens (tertiary/aromatic N) is 1. The average molecular weight is 275 g/mol. The lowest BCUT2D eigenvalue weighted by molar-refractivity contribution is 0.404. The van der Waals surface area contributed by atoms with Gasteiger partial charge in [0, 0.05) is 30.1 Å². The molecule has 1 saturated carbocycles. The molecule has 1 fully saturated rings. The number of aliphatic imine (C=N–C) groups is 1. The fourth-order valence-electron chi connectivity index (χ4n) is 2.60. The van der Waals surface area contributed by atoms with Crippen molar-refractivity contribution in [2.24, 2.45) is 4.99 Å². The van der Waals surface area contributed by atoms with Crippen LogP contribution in [0.1, 0.15) is 32.8 Å². The van der Waals surface area contributed by atoms with Gasteiger partial charge in [0.25, 0.3) is 0 Å². The highest BCUT2D eigenvalue weighted by atomic mass is 16.5. The van der Waals surface area contributed by atoms with Gasteiger partial charge in [-0.3, -0.25) is 4.99 Å². The summed E-state index contributed by atoms with van der Waals surface area (Å²) in [4.78, 5) is 4.27. The van der Waals surface area contributed by atoms with Gasteiger partial charge in [-0.1, -0.05) is 25.1 Å². The molecule has 1 aromatic rings. The zero-order valence-electron chi connectivity index (χ0n) is 13.0. The van der Waals surface area contributed by atoms with Gasteiger partial charge in [0.05, 0.1) is 7.11 Å². The molecule has 0 spiro atoms. The number of benzene rings is 1.